The summed E-state index contributed by atoms with van der Waals surface area (Å²) in [6, 6.07) is 0.0145. The lowest BCUT2D eigenvalue weighted by atomic mass is 9.96. The first-order chi connectivity index (χ1) is 8.67. The largest absolute Gasteiger partial charge is 0.370 e. The Morgan fingerprint density at radius 3 is 2.83 bits per heavy atom. The molecule has 0 aliphatic carbocycles. The molecule has 0 aromatic heterocycles. The van der Waals surface area contributed by atoms with Crippen molar-refractivity contribution in [3.63, 3.8) is 0 Å². The minimum absolute atomic E-state index is 0.0145. The van der Waals surface area contributed by atoms with Crippen molar-refractivity contribution in [2.45, 2.75) is 45.1 Å². The van der Waals surface area contributed by atoms with Crippen molar-refractivity contribution in [3.8, 4) is 0 Å². The van der Waals surface area contributed by atoms with Crippen molar-refractivity contribution in [1.82, 2.24) is 10.2 Å². The van der Waals surface area contributed by atoms with E-state index in [9.17, 15) is 4.79 Å². The van der Waals surface area contributed by atoms with Crippen molar-refractivity contribution in [2.75, 3.05) is 32.8 Å². The lowest BCUT2D eigenvalue weighted by Gasteiger charge is -2.42. The molecule has 0 bridgehead atoms. The summed E-state index contributed by atoms with van der Waals surface area (Å²) in [6.45, 7) is 7.29. The lowest BCUT2D eigenvalue weighted by molar-refractivity contribution is -0.0959. The van der Waals surface area contributed by atoms with Crippen LogP contribution in [0.2, 0.25) is 0 Å². The minimum atomic E-state index is -0.338. The summed E-state index contributed by atoms with van der Waals surface area (Å²) < 4.78 is 5.81. The number of nitrogens with zero attached hydrogens (tertiary/aromatic N) is 1. The van der Waals surface area contributed by atoms with Gasteiger partial charge in [-0.3, -0.25) is 0 Å². The number of hydrogen-bond acceptors (Lipinski definition) is 3. The van der Waals surface area contributed by atoms with Gasteiger partial charge in [-0.15, -0.1) is 0 Å². The second-order valence-electron chi connectivity index (χ2n) is 4.99. The standard InChI is InChI=1S/C13H27N3O2/c1-3-5-7-15-12(17)16-8-9-18-13(10-14,11-16)6-4-2/h3-11,14H2,1-2H3,(H,15,17). The molecule has 1 saturated heterocycles. The fourth-order valence-corrected chi connectivity index (χ4v) is 2.33. The molecule has 0 spiro atoms. The number of urea groups is 1. The summed E-state index contributed by atoms with van der Waals surface area (Å²) in [7, 11) is 0. The summed E-state index contributed by atoms with van der Waals surface area (Å²) in [4.78, 5) is 13.8. The van der Waals surface area contributed by atoms with Crippen LogP contribution in [0.1, 0.15) is 39.5 Å². The van der Waals surface area contributed by atoms with Gasteiger partial charge in [-0.2, -0.15) is 0 Å². The highest BCUT2D eigenvalue weighted by atomic mass is 16.5. The number of carbonyl (C=O) groups is 1. The molecule has 3 N–H and O–H groups in total. The van der Waals surface area contributed by atoms with Gasteiger partial charge in [0.25, 0.3) is 0 Å². The Labute approximate surface area is 110 Å². The second kappa shape index (κ2) is 7.59. The second-order valence-corrected chi connectivity index (χ2v) is 4.99. The highest BCUT2D eigenvalue weighted by molar-refractivity contribution is 5.74. The third-order valence-corrected chi connectivity index (χ3v) is 3.42. The normalized spacial score (nSPS) is 24.1. The predicted octanol–water partition coefficient (Wildman–Crippen LogP) is 1.33. The highest BCUT2D eigenvalue weighted by Crippen LogP contribution is 2.22. The molecule has 0 aromatic rings. The molecular formula is C13H27N3O2. The van der Waals surface area contributed by atoms with Crippen molar-refractivity contribution in [2.24, 2.45) is 5.73 Å². The maximum atomic E-state index is 12.0. The predicted molar refractivity (Wildman–Crippen MR) is 72.5 cm³/mol. The van der Waals surface area contributed by atoms with Crippen molar-refractivity contribution in [1.29, 1.82) is 0 Å². The Kier molecular flexibility index (Phi) is 6.43. The van der Waals surface area contributed by atoms with Crippen LogP contribution in [0.4, 0.5) is 4.79 Å². The molecule has 106 valence electrons. The third-order valence-electron chi connectivity index (χ3n) is 3.42. The average Bonchev–Trinajstić information content (AvgIpc) is 2.39. The summed E-state index contributed by atoms with van der Waals surface area (Å²) in [5, 5.41) is 2.95. The van der Waals surface area contributed by atoms with Crippen LogP contribution in [0.5, 0.6) is 0 Å². The van der Waals surface area contributed by atoms with Crippen molar-refractivity contribution < 1.29 is 9.53 Å². The topological polar surface area (TPSA) is 67.6 Å². The van der Waals surface area contributed by atoms with E-state index in [2.05, 4.69) is 19.2 Å². The molecule has 0 radical (unpaired) electrons. The number of nitrogens with one attached hydrogen (secondary N) is 1. The minimum Gasteiger partial charge on any atom is -0.370 e. The van der Waals surface area contributed by atoms with Crippen molar-refractivity contribution >= 4 is 6.03 Å². The van der Waals surface area contributed by atoms with Gasteiger partial charge in [0.05, 0.1) is 18.8 Å². The van der Waals surface area contributed by atoms with E-state index in [1.54, 1.807) is 0 Å². The van der Waals surface area contributed by atoms with Crippen LogP contribution in [-0.4, -0.2) is 49.3 Å². The first-order valence-electron chi connectivity index (χ1n) is 7.04. The van der Waals surface area contributed by atoms with Crippen molar-refractivity contribution in [3.05, 3.63) is 0 Å². The first-order valence-corrected chi connectivity index (χ1v) is 7.04. The molecule has 18 heavy (non-hydrogen) atoms. The Balaban J connectivity index is 2.48. The van der Waals surface area contributed by atoms with Gasteiger partial charge >= 0.3 is 6.03 Å². The number of rotatable bonds is 6. The van der Waals surface area contributed by atoms with Gasteiger partial charge in [-0.1, -0.05) is 26.7 Å². The number of hydrogen-bond donors (Lipinski definition) is 2. The van der Waals surface area contributed by atoms with E-state index in [0.29, 0.717) is 26.2 Å². The lowest BCUT2D eigenvalue weighted by Crippen LogP contribution is -2.58. The zero-order valence-electron chi connectivity index (χ0n) is 11.7. The van der Waals surface area contributed by atoms with Crippen LogP contribution >= 0.6 is 0 Å². The molecule has 1 aliphatic heterocycles. The molecule has 0 aromatic carbocycles. The summed E-state index contributed by atoms with van der Waals surface area (Å²) in [6.07, 6.45) is 4.03. The number of ether oxygens (including phenoxy) is 1. The summed E-state index contributed by atoms with van der Waals surface area (Å²) in [5.41, 5.74) is 5.49. The molecular weight excluding hydrogens is 230 g/mol. The van der Waals surface area contributed by atoms with Gasteiger partial charge in [0, 0.05) is 19.6 Å². The van der Waals surface area contributed by atoms with E-state index in [-0.39, 0.29) is 11.6 Å². The van der Waals surface area contributed by atoms with E-state index in [4.69, 9.17) is 10.5 Å². The molecule has 1 rings (SSSR count). The molecule has 1 fully saturated rings. The Morgan fingerprint density at radius 2 is 2.22 bits per heavy atom. The Morgan fingerprint density at radius 1 is 1.44 bits per heavy atom. The van der Waals surface area contributed by atoms with Crippen LogP contribution < -0.4 is 11.1 Å². The van der Waals surface area contributed by atoms with E-state index < -0.39 is 0 Å². The maximum absolute atomic E-state index is 12.0. The highest BCUT2D eigenvalue weighted by Gasteiger charge is 2.36. The van der Waals surface area contributed by atoms with E-state index >= 15 is 0 Å². The van der Waals surface area contributed by atoms with Gasteiger partial charge in [0.2, 0.25) is 0 Å². The molecule has 1 atom stereocenters. The Bertz CT molecular complexity index is 257. The van der Waals surface area contributed by atoms with Crippen LogP contribution in [0.3, 0.4) is 0 Å². The van der Waals surface area contributed by atoms with Crippen LogP contribution in [0, 0.1) is 0 Å². The van der Waals surface area contributed by atoms with E-state index in [1.165, 1.54) is 0 Å². The van der Waals surface area contributed by atoms with E-state index in [1.807, 2.05) is 4.90 Å². The van der Waals surface area contributed by atoms with Gasteiger partial charge in [-0.05, 0) is 12.8 Å². The van der Waals surface area contributed by atoms with Gasteiger partial charge in [0.1, 0.15) is 0 Å². The first kappa shape index (κ1) is 15.2. The van der Waals surface area contributed by atoms with Crippen LogP contribution in [0.15, 0.2) is 0 Å². The van der Waals surface area contributed by atoms with Crippen LogP contribution in [-0.2, 0) is 4.74 Å². The Hall–Kier alpha value is -0.810. The van der Waals surface area contributed by atoms with Gasteiger partial charge < -0.3 is 20.7 Å². The van der Waals surface area contributed by atoms with E-state index in [0.717, 1.165) is 32.2 Å². The molecule has 0 saturated carbocycles. The number of carbonyl (C=O) groups excluding carboxylic acids is 1. The summed E-state index contributed by atoms with van der Waals surface area (Å²) >= 11 is 0. The molecule has 2 amide bonds. The fourth-order valence-electron chi connectivity index (χ4n) is 2.33. The molecule has 5 heteroatoms. The summed E-state index contributed by atoms with van der Waals surface area (Å²) in [5.74, 6) is 0. The molecule has 5 nitrogen and oxygen atoms in total. The molecule has 1 unspecified atom stereocenters. The quantitative estimate of drug-likeness (QED) is 0.705. The monoisotopic (exact) mass is 257 g/mol. The van der Waals surface area contributed by atoms with Crippen LogP contribution in [0.25, 0.3) is 0 Å². The zero-order chi connectivity index (χ0) is 13.4. The zero-order valence-corrected chi connectivity index (χ0v) is 11.7. The number of unbranched alkanes of at least 4 members (excludes halogenated alkanes) is 1. The molecule has 1 aliphatic rings. The SMILES string of the molecule is CCCCNC(=O)N1CCOC(CN)(CCC)C1. The maximum Gasteiger partial charge on any atom is 0.317 e. The number of nitrogens with two attached hydrogens (primary N) is 1. The number of morpholine rings is 1. The van der Waals surface area contributed by atoms with Gasteiger partial charge in [0.15, 0.2) is 0 Å². The molecule has 1 heterocycles. The average molecular weight is 257 g/mol. The smallest absolute Gasteiger partial charge is 0.317 e. The fraction of sp³-hybridized carbons (Fsp3) is 0.923. The van der Waals surface area contributed by atoms with Gasteiger partial charge in [-0.25, -0.2) is 4.79 Å². The third kappa shape index (κ3) is 4.14. The number of amides is 2.